The highest BCUT2D eigenvalue weighted by molar-refractivity contribution is 5.95. The zero-order valence-electron chi connectivity index (χ0n) is 14.6. The maximum absolute atomic E-state index is 12.7. The van der Waals surface area contributed by atoms with Gasteiger partial charge in [0.15, 0.2) is 5.82 Å². The third kappa shape index (κ3) is 3.22. The lowest BCUT2D eigenvalue weighted by Gasteiger charge is -2.28. The van der Waals surface area contributed by atoms with Crippen LogP contribution in [0.5, 0.6) is 0 Å². The van der Waals surface area contributed by atoms with Crippen LogP contribution >= 0.6 is 0 Å². The topological polar surface area (TPSA) is 90.5 Å². The predicted molar refractivity (Wildman–Crippen MR) is 94.9 cm³/mol. The van der Waals surface area contributed by atoms with Crippen LogP contribution in [0.25, 0.3) is 5.82 Å². The first-order valence-electron chi connectivity index (χ1n) is 8.83. The number of hydrogen-bond donors (Lipinski definition) is 1. The number of carbonyl (C=O) groups excluding carboxylic acids is 1. The van der Waals surface area contributed by atoms with Gasteiger partial charge in [0.1, 0.15) is 12.7 Å². The van der Waals surface area contributed by atoms with Crippen molar-refractivity contribution in [2.45, 2.75) is 44.7 Å². The normalized spacial score (nSPS) is 20.0. The Hall–Kier alpha value is -3.03. The predicted octanol–water partition coefficient (Wildman–Crippen LogP) is 2.08. The molecule has 1 saturated carbocycles. The second-order valence-electron chi connectivity index (χ2n) is 6.60. The van der Waals surface area contributed by atoms with E-state index < -0.39 is 0 Å². The minimum atomic E-state index is -0.0751. The second kappa shape index (κ2) is 7.07. The molecule has 0 radical (unpaired) electrons. The highest BCUT2D eigenvalue weighted by Gasteiger charge is 2.25. The van der Waals surface area contributed by atoms with Gasteiger partial charge in [0.25, 0.3) is 5.91 Å². The van der Waals surface area contributed by atoms with E-state index in [9.17, 15) is 4.79 Å². The van der Waals surface area contributed by atoms with Gasteiger partial charge in [-0.05, 0) is 44.7 Å². The minimum Gasteiger partial charge on any atom is -0.349 e. The fraction of sp³-hybridized carbons (Fsp3) is 0.389. The summed E-state index contributed by atoms with van der Waals surface area (Å²) in [6.45, 7) is 1.89. The zero-order chi connectivity index (χ0) is 17.9. The molecule has 3 aromatic heterocycles. The van der Waals surface area contributed by atoms with Crippen molar-refractivity contribution in [2.75, 3.05) is 0 Å². The molecule has 0 aliphatic heterocycles. The minimum absolute atomic E-state index is 0.0751. The standard InChI is InChI=1S/C18H21N7O/c1-13-16(10-21-25(13)17-4-2-3-9-20-17)18(26)23-14-5-7-15(8-6-14)24-12-19-11-22-24/h2-4,9-12,14-15H,5-8H2,1H3,(H,23,26). The van der Waals surface area contributed by atoms with Crippen LogP contribution in [-0.4, -0.2) is 41.5 Å². The number of pyridine rings is 1. The molecule has 4 rings (SSSR count). The lowest BCUT2D eigenvalue weighted by Crippen LogP contribution is -2.38. The largest absolute Gasteiger partial charge is 0.349 e. The van der Waals surface area contributed by atoms with Crippen LogP contribution in [0.15, 0.2) is 43.2 Å². The molecule has 0 atom stereocenters. The molecule has 1 N–H and O–H groups in total. The summed E-state index contributed by atoms with van der Waals surface area (Å²) in [6.07, 6.45) is 10.5. The van der Waals surface area contributed by atoms with E-state index in [2.05, 4.69) is 25.5 Å². The van der Waals surface area contributed by atoms with E-state index in [4.69, 9.17) is 0 Å². The zero-order valence-corrected chi connectivity index (χ0v) is 14.6. The fourth-order valence-electron chi connectivity index (χ4n) is 3.50. The summed E-state index contributed by atoms with van der Waals surface area (Å²) in [6, 6.07) is 6.18. The van der Waals surface area contributed by atoms with Gasteiger partial charge in [-0.1, -0.05) is 6.07 Å². The Balaban J connectivity index is 1.39. The number of carbonyl (C=O) groups is 1. The van der Waals surface area contributed by atoms with Gasteiger partial charge in [0.2, 0.25) is 0 Å². The molecular weight excluding hydrogens is 330 g/mol. The molecule has 8 nitrogen and oxygen atoms in total. The molecule has 3 heterocycles. The number of nitrogens with zero attached hydrogens (tertiary/aromatic N) is 6. The molecule has 0 bridgehead atoms. The third-order valence-electron chi connectivity index (χ3n) is 4.96. The summed E-state index contributed by atoms with van der Waals surface area (Å²) >= 11 is 0. The van der Waals surface area contributed by atoms with E-state index >= 15 is 0 Å². The van der Waals surface area contributed by atoms with Crippen molar-refractivity contribution in [2.24, 2.45) is 0 Å². The molecule has 0 aromatic carbocycles. The Morgan fingerprint density at radius 3 is 2.73 bits per heavy atom. The maximum Gasteiger partial charge on any atom is 0.254 e. The van der Waals surface area contributed by atoms with Crippen LogP contribution in [0.4, 0.5) is 0 Å². The summed E-state index contributed by atoms with van der Waals surface area (Å²) in [7, 11) is 0. The molecule has 1 amide bonds. The van der Waals surface area contributed by atoms with Crippen molar-refractivity contribution in [1.82, 2.24) is 34.8 Å². The van der Waals surface area contributed by atoms with Crippen LogP contribution in [0, 0.1) is 6.92 Å². The maximum atomic E-state index is 12.7. The molecule has 1 aliphatic rings. The van der Waals surface area contributed by atoms with E-state index in [-0.39, 0.29) is 11.9 Å². The Morgan fingerprint density at radius 1 is 1.19 bits per heavy atom. The molecule has 0 spiro atoms. The quantitative estimate of drug-likeness (QED) is 0.777. The van der Waals surface area contributed by atoms with Gasteiger partial charge in [-0.15, -0.1) is 0 Å². The highest BCUT2D eigenvalue weighted by Crippen LogP contribution is 2.27. The lowest BCUT2D eigenvalue weighted by molar-refractivity contribution is 0.0921. The van der Waals surface area contributed by atoms with E-state index in [1.807, 2.05) is 29.8 Å². The molecule has 0 unspecified atom stereocenters. The number of nitrogens with one attached hydrogen (secondary N) is 1. The van der Waals surface area contributed by atoms with Gasteiger partial charge < -0.3 is 5.32 Å². The molecule has 26 heavy (non-hydrogen) atoms. The Kier molecular flexibility index (Phi) is 4.47. The monoisotopic (exact) mass is 351 g/mol. The Morgan fingerprint density at radius 2 is 2.04 bits per heavy atom. The first-order valence-corrected chi connectivity index (χ1v) is 8.83. The van der Waals surface area contributed by atoms with Crippen molar-refractivity contribution in [3.63, 3.8) is 0 Å². The summed E-state index contributed by atoms with van der Waals surface area (Å²) < 4.78 is 3.61. The molecule has 1 aliphatic carbocycles. The van der Waals surface area contributed by atoms with E-state index in [1.165, 1.54) is 0 Å². The van der Waals surface area contributed by atoms with Crippen LogP contribution in [0.2, 0.25) is 0 Å². The smallest absolute Gasteiger partial charge is 0.254 e. The summed E-state index contributed by atoms with van der Waals surface area (Å²) in [5.41, 5.74) is 1.38. The lowest BCUT2D eigenvalue weighted by atomic mass is 9.91. The number of hydrogen-bond acceptors (Lipinski definition) is 5. The van der Waals surface area contributed by atoms with Crippen LogP contribution in [-0.2, 0) is 0 Å². The van der Waals surface area contributed by atoms with Gasteiger partial charge in [-0.25, -0.2) is 19.3 Å². The number of rotatable bonds is 4. The van der Waals surface area contributed by atoms with Crippen molar-refractivity contribution in [3.05, 3.63) is 54.5 Å². The second-order valence-corrected chi connectivity index (χ2v) is 6.60. The molecule has 134 valence electrons. The molecule has 3 aromatic rings. The van der Waals surface area contributed by atoms with Crippen molar-refractivity contribution in [3.8, 4) is 5.82 Å². The van der Waals surface area contributed by atoms with Crippen molar-refractivity contribution < 1.29 is 4.79 Å². The third-order valence-corrected chi connectivity index (χ3v) is 4.96. The SMILES string of the molecule is Cc1c(C(=O)NC2CCC(n3cncn3)CC2)cnn1-c1ccccn1. The number of amides is 1. The van der Waals surface area contributed by atoms with Crippen molar-refractivity contribution >= 4 is 5.91 Å². The van der Waals surface area contributed by atoms with Crippen LogP contribution in [0.1, 0.15) is 47.8 Å². The average Bonchev–Trinajstić information content (AvgIpc) is 3.33. The van der Waals surface area contributed by atoms with Crippen LogP contribution in [0.3, 0.4) is 0 Å². The highest BCUT2D eigenvalue weighted by atomic mass is 16.1. The van der Waals surface area contributed by atoms with E-state index in [0.717, 1.165) is 31.4 Å². The molecule has 0 saturated heterocycles. The summed E-state index contributed by atoms with van der Waals surface area (Å²) in [5.74, 6) is 0.631. The first kappa shape index (κ1) is 16.4. The van der Waals surface area contributed by atoms with Crippen LogP contribution < -0.4 is 5.32 Å². The van der Waals surface area contributed by atoms with E-state index in [1.54, 1.807) is 29.7 Å². The van der Waals surface area contributed by atoms with Gasteiger partial charge in [-0.3, -0.25) is 4.79 Å². The molecule has 8 heteroatoms. The summed E-state index contributed by atoms with van der Waals surface area (Å²) in [5, 5.41) is 11.7. The number of aromatic nitrogens is 6. The fourth-order valence-corrected chi connectivity index (χ4v) is 3.50. The van der Waals surface area contributed by atoms with Gasteiger partial charge >= 0.3 is 0 Å². The average molecular weight is 351 g/mol. The van der Waals surface area contributed by atoms with Gasteiger partial charge in [0.05, 0.1) is 23.5 Å². The Labute approximate surface area is 151 Å². The van der Waals surface area contributed by atoms with E-state index in [0.29, 0.717) is 17.4 Å². The van der Waals surface area contributed by atoms with Crippen molar-refractivity contribution in [1.29, 1.82) is 0 Å². The molecular formula is C18H21N7O. The Bertz CT molecular complexity index is 864. The first-order chi connectivity index (χ1) is 12.7. The van der Waals surface area contributed by atoms with Gasteiger partial charge in [-0.2, -0.15) is 10.2 Å². The van der Waals surface area contributed by atoms with Gasteiger partial charge in [0, 0.05) is 12.2 Å². The molecule has 1 fully saturated rings. The summed E-state index contributed by atoms with van der Waals surface area (Å²) in [4.78, 5) is 21.0.